The van der Waals surface area contributed by atoms with E-state index in [9.17, 15) is 5.11 Å². The highest BCUT2D eigenvalue weighted by atomic mass is 16.7. The molecule has 0 aliphatic carbocycles. The number of benzene rings is 1. The summed E-state index contributed by atoms with van der Waals surface area (Å²) in [6, 6.07) is 4.95. The summed E-state index contributed by atoms with van der Waals surface area (Å²) in [6.07, 6.45) is 0.00810. The van der Waals surface area contributed by atoms with Gasteiger partial charge in [0, 0.05) is 6.42 Å². The number of aryl methyl sites for hydroxylation is 3. The SMILES string of the molecule is Cc1[c]c(C)c(O)c(C)c1.OC1CCOCO1. The maximum Gasteiger partial charge on any atom is 0.159 e. The molecule has 4 nitrogen and oxygen atoms in total. The lowest BCUT2D eigenvalue weighted by molar-refractivity contribution is -0.214. The Morgan fingerprint density at radius 3 is 2.47 bits per heavy atom. The number of phenols is 1. The van der Waals surface area contributed by atoms with Crippen molar-refractivity contribution in [2.75, 3.05) is 13.4 Å². The first-order valence-electron chi connectivity index (χ1n) is 5.57. The van der Waals surface area contributed by atoms with E-state index in [0.29, 0.717) is 18.8 Å². The minimum Gasteiger partial charge on any atom is -0.507 e. The van der Waals surface area contributed by atoms with Gasteiger partial charge in [0.15, 0.2) is 6.29 Å². The van der Waals surface area contributed by atoms with Crippen LogP contribution in [0.2, 0.25) is 0 Å². The largest absolute Gasteiger partial charge is 0.507 e. The van der Waals surface area contributed by atoms with Gasteiger partial charge in [-0.1, -0.05) is 6.07 Å². The van der Waals surface area contributed by atoms with Gasteiger partial charge in [0.05, 0.1) is 6.61 Å². The van der Waals surface area contributed by atoms with Gasteiger partial charge in [0.1, 0.15) is 12.5 Å². The van der Waals surface area contributed by atoms with Crippen LogP contribution in [0.4, 0.5) is 0 Å². The smallest absolute Gasteiger partial charge is 0.159 e. The molecule has 0 saturated carbocycles. The molecule has 0 amide bonds. The van der Waals surface area contributed by atoms with Crippen LogP contribution in [0.25, 0.3) is 0 Å². The fourth-order valence-corrected chi connectivity index (χ4v) is 1.53. The molecule has 1 aromatic carbocycles. The van der Waals surface area contributed by atoms with Crippen LogP contribution >= 0.6 is 0 Å². The molecule has 0 bridgehead atoms. The molecule has 1 aliphatic rings. The van der Waals surface area contributed by atoms with Gasteiger partial charge < -0.3 is 19.7 Å². The van der Waals surface area contributed by atoms with E-state index in [0.717, 1.165) is 16.7 Å². The van der Waals surface area contributed by atoms with Gasteiger partial charge in [-0.05, 0) is 43.5 Å². The molecular formula is C13H19O4. The lowest BCUT2D eigenvalue weighted by Gasteiger charge is -2.16. The minimum absolute atomic E-state index is 0.237. The average Bonchev–Trinajstić information content (AvgIpc) is 2.27. The van der Waals surface area contributed by atoms with E-state index in [1.165, 1.54) is 0 Å². The summed E-state index contributed by atoms with van der Waals surface area (Å²) in [7, 11) is 0. The summed E-state index contributed by atoms with van der Waals surface area (Å²) in [4.78, 5) is 0. The van der Waals surface area contributed by atoms with Gasteiger partial charge in [-0.3, -0.25) is 0 Å². The number of aliphatic hydroxyl groups excluding tert-OH is 1. The van der Waals surface area contributed by atoms with Crippen molar-refractivity contribution in [3.05, 3.63) is 28.8 Å². The third-order valence-electron chi connectivity index (χ3n) is 2.40. The van der Waals surface area contributed by atoms with E-state index >= 15 is 0 Å². The van der Waals surface area contributed by atoms with Crippen molar-refractivity contribution in [1.29, 1.82) is 0 Å². The van der Waals surface area contributed by atoms with Gasteiger partial charge in [0.25, 0.3) is 0 Å². The van der Waals surface area contributed by atoms with E-state index in [1.807, 2.05) is 26.8 Å². The first-order chi connectivity index (χ1) is 8.00. The number of rotatable bonds is 0. The summed E-state index contributed by atoms with van der Waals surface area (Å²) in [5, 5.41) is 17.9. The van der Waals surface area contributed by atoms with E-state index in [2.05, 4.69) is 10.8 Å². The lowest BCUT2D eigenvalue weighted by Crippen LogP contribution is -2.22. The van der Waals surface area contributed by atoms with Crippen molar-refractivity contribution in [3.63, 3.8) is 0 Å². The Labute approximate surface area is 102 Å². The first kappa shape index (κ1) is 14.0. The molecule has 4 heteroatoms. The predicted octanol–water partition coefficient (Wildman–Crippen LogP) is 1.82. The van der Waals surface area contributed by atoms with Crippen molar-refractivity contribution in [2.45, 2.75) is 33.5 Å². The molecule has 1 heterocycles. The Kier molecular flexibility index (Phi) is 5.41. The molecule has 95 valence electrons. The number of ether oxygens (including phenoxy) is 2. The molecule has 1 fully saturated rings. The maximum atomic E-state index is 9.30. The lowest BCUT2D eigenvalue weighted by atomic mass is 10.1. The number of aromatic hydroxyl groups is 1. The van der Waals surface area contributed by atoms with E-state index < -0.39 is 6.29 Å². The van der Waals surface area contributed by atoms with Crippen LogP contribution in [0.15, 0.2) is 6.07 Å². The molecule has 1 saturated heterocycles. The summed E-state index contributed by atoms with van der Waals surface area (Å²) in [5.74, 6) is 0.366. The molecular weight excluding hydrogens is 220 g/mol. The average molecular weight is 239 g/mol. The van der Waals surface area contributed by atoms with Crippen LogP contribution in [-0.4, -0.2) is 29.9 Å². The summed E-state index contributed by atoms with van der Waals surface area (Å²) < 4.78 is 9.37. The first-order valence-corrected chi connectivity index (χ1v) is 5.57. The van der Waals surface area contributed by atoms with Crippen LogP contribution in [0.1, 0.15) is 23.1 Å². The Morgan fingerprint density at radius 2 is 2.06 bits per heavy atom. The standard InChI is InChI=1S/C9H11O.C4H8O3/c1-6-4-7(2)9(10)8(3)5-6;5-4-1-2-6-3-7-4/h4,10H,1-3H3;4-5H,1-3H2. The highest BCUT2D eigenvalue weighted by molar-refractivity contribution is 5.40. The molecule has 1 unspecified atom stereocenters. The van der Waals surface area contributed by atoms with Gasteiger partial charge >= 0.3 is 0 Å². The second-order valence-corrected chi connectivity index (χ2v) is 4.05. The van der Waals surface area contributed by atoms with Gasteiger partial charge in [-0.2, -0.15) is 0 Å². The molecule has 2 N–H and O–H groups in total. The molecule has 0 spiro atoms. The van der Waals surface area contributed by atoms with Crippen molar-refractivity contribution >= 4 is 0 Å². The van der Waals surface area contributed by atoms with E-state index in [-0.39, 0.29) is 6.79 Å². The Balaban J connectivity index is 0.000000181. The van der Waals surface area contributed by atoms with Crippen LogP contribution in [0.5, 0.6) is 5.75 Å². The predicted molar refractivity (Wildman–Crippen MR) is 63.7 cm³/mol. The molecule has 17 heavy (non-hydrogen) atoms. The second-order valence-electron chi connectivity index (χ2n) is 4.05. The fraction of sp³-hybridized carbons (Fsp3) is 0.538. The topological polar surface area (TPSA) is 58.9 Å². The number of hydrogen-bond acceptors (Lipinski definition) is 4. The Bertz CT molecular complexity index is 333. The van der Waals surface area contributed by atoms with Crippen LogP contribution in [0, 0.1) is 26.8 Å². The third-order valence-corrected chi connectivity index (χ3v) is 2.40. The highest BCUT2D eigenvalue weighted by Gasteiger charge is 2.07. The number of phenolic OH excluding ortho intramolecular Hbond substituents is 1. The maximum absolute atomic E-state index is 9.30. The molecule has 1 aliphatic heterocycles. The summed E-state index contributed by atoms with van der Waals surface area (Å²) in [6.45, 7) is 6.57. The van der Waals surface area contributed by atoms with Gasteiger partial charge in [-0.15, -0.1) is 0 Å². The monoisotopic (exact) mass is 239 g/mol. The summed E-state index contributed by atoms with van der Waals surface area (Å²) >= 11 is 0. The molecule has 0 aromatic heterocycles. The van der Waals surface area contributed by atoms with Crippen molar-refractivity contribution in [1.82, 2.24) is 0 Å². The van der Waals surface area contributed by atoms with Crippen molar-refractivity contribution in [2.24, 2.45) is 0 Å². The van der Waals surface area contributed by atoms with Crippen molar-refractivity contribution < 1.29 is 19.7 Å². The number of aliphatic hydroxyl groups is 1. The van der Waals surface area contributed by atoms with E-state index in [1.54, 1.807) is 0 Å². The highest BCUT2D eigenvalue weighted by Crippen LogP contribution is 2.21. The van der Waals surface area contributed by atoms with Crippen LogP contribution in [0.3, 0.4) is 0 Å². The molecule has 1 aromatic rings. The fourth-order valence-electron chi connectivity index (χ4n) is 1.53. The van der Waals surface area contributed by atoms with Crippen molar-refractivity contribution in [3.8, 4) is 5.75 Å². The summed E-state index contributed by atoms with van der Waals surface area (Å²) in [5.41, 5.74) is 2.83. The third kappa shape index (κ3) is 4.73. The molecule has 1 atom stereocenters. The van der Waals surface area contributed by atoms with Crippen LogP contribution in [-0.2, 0) is 9.47 Å². The zero-order valence-electron chi connectivity index (χ0n) is 10.5. The zero-order valence-corrected chi connectivity index (χ0v) is 10.5. The van der Waals surface area contributed by atoms with Crippen LogP contribution < -0.4 is 0 Å². The Hall–Kier alpha value is -1.10. The zero-order chi connectivity index (χ0) is 12.8. The van der Waals surface area contributed by atoms with E-state index in [4.69, 9.17) is 9.84 Å². The second kappa shape index (κ2) is 6.59. The van der Waals surface area contributed by atoms with Gasteiger partial charge in [0.2, 0.25) is 0 Å². The number of hydrogen-bond donors (Lipinski definition) is 2. The normalized spacial score (nSPS) is 19.4. The van der Waals surface area contributed by atoms with Gasteiger partial charge in [-0.25, -0.2) is 0 Å². The quantitative estimate of drug-likeness (QED) is 0.725. The molecule has 1 radical (unpaired) electrons. The Morgan fingerprint density at radius 1 is 1.35 bits per heavy atom. The molecule has 2 rings (SSSR count). The minimum atomic E-state index is -0.589.